The fraction of sp³-hybridized carbons (Fsp3) is 0.889. The second kappa shape index (κ2) is 3.86. The molecule has 1 rings (SSSR count). The topological polar surface area (TPSA) is 26.3 Å². The van der Waals surface area contributed by atoms with Gasteiger partial charge < -0.3 is 4.74 Å². The normalized spacial score (nSPS) is 29.6. The highest BCUT2D eigenvalue weighted by Crippen LogP contribution is 2.31. The summed E-state index contributed by atoms with van der Waals surface area (Å²) in [4.78, 5) is 11.1. The Morgan fingerprint density at radius 2 is 2.09 bits per heavy atom. The number of hydrogen-bond acceptors (Lipinski definition) is 2. The lowest BCUT2D eigenvalue weighted by molar-refractivity contribution is -0.131. The maximum atomic E-state index is 11.1. The van der Waals surface area contributed by atoms with Gasteiger partial charge in [0.2, 0.25) is 0 Å². The molecule has 0 N–H and O–H groups in total. The van der Waals surface area contributed by atoms with E-state index in [1.165, 1.54) is 0 Å². The third-order valence-corrected chi connectivity index (χ3v) is 2.30. The Bertz CT molecular complexity index is 136. The fourth-order valence-corrected chi connectivity index (χ4v) is 1.49. The van der Waals surface area contributed by atoms with Gasteiger partial charge in [-0.2, -0.15) is 0 Å². The molecular weight excluding hydrogens is 140 g/mol. The Morgan fingerprint density at radius 1 is 1.45 bits per heavy atom. The molecule has 1 fully saturated rings. The van der Waals surface area contributed by atoms with Crippen LogP contribution in [0.2, 0.25) is 0 Å². The predicted octanol–water partition coefficient (Wildman–Crippen LogP) is 1.78. The Balaban J connectivity index is 2.13. The average Bonchev–Trinajstić information content (AvgIpc) is 1.94. The molecule has 0 aromatic carbocycles. The van der Waals surface area contributed by atoms with E-state index in [0.717, 1.165) is 19.4 Å². The minimum absolute atomic E-state index is 0.316. The van der Waals surface area contributed by atoms with Gasteiger partial charge in [-0.1, -0.05) is 6.92 Å². The summed E-state index contributed by atoms with van der Waals surface area (Å²) in [6, 6.07) is 0. The summed E-state index contributed by atoms with van der Waals surface area (Å²) in [5, 5.41) is 0. The fourth-order valence-electron chi connectivity index (χ4n) is 1.49. The number of rotatable bonds is 4. The molecule has 2 nitrogen and oxygen atoms in total. The maximum absolute atomic E-state index is 11.1. The van der Waals surface area contributed by atoms with Crippen molar-refractivity contribution in [2.75, 3.05) is 6.61 Å². The predicted molar refractivity (Wildman–Crippen MR) is 43.4 cm³/mol. The summed E-state index contributed by atoms with van der Waals surface area (Å²) in [5.74, 6) is 0.720. The average molecular weight is 156 g/mol. The zero-order chi connectivity index (χ0) is 8.27. The molecule has 0 heterocycles. The van der Waals surface area contributed by atoms with E-state index in [0.29, 0.717) is 24.2 Å². The van der Waals surface area contributed by atoms with Crippen LogP contribution in [0.5, 0.6) is 0 Å². The largest absolute Gasteiger partial charge is 0.378 e. The SMILES string of the molecule is CCOC1CC(C(=O)CC)C1. The molecule has 64 valence electrons. The van der Waals surface area contributed by atoms with Crippen LogP contribution in [0.4, 0.5) is 0 Å². The number of carbonyl (C=O) groups excluding carboxylic acids is 1. The van der Waals surface area contributed by atoms with Gasteiger partial charge in [-0.15, -0.1) is 0 Å². The van der Waals surface area contributed by atoms with E-state index in [-0.39, 0.29) is 0 Å². The molecule has 0 unspecified atom stereocenters. The third kappa shape index (κ3) is 2.03. The van der Waals surface area contributed by atoms with Crippen molar-refractivity contribution in [1.29, 1.82) is 0 Å². The number of Topliss-reactive ketones (excluding diaryl/α,β-unsaturated/α-hetero) is 1. The van der Waals surface area contributed by atoms with Crippen molar-refractivity contribution in [3.05, 3.63) is 0 Å². The Morgan fingerprint density at radius 3 is 2.55 bits per heavy atom. The molecule has 1 aliphatic carbocycles. The van der Waals surface area contributed by atoms with Crippen LogP contribution in [0.25, 0.3) is 0 Å². The summed E-state index contributed by atoms with van der Waals surface area (Å²) in [5.41, 5.74) is 0. The van der Waals surface area contributed by atoms with Gasteiger partial charge in [-0.3, -0.25) is 4.79 Å². The molecule has 1 saturated carbocycles. The summed E-state index contributed by atoms with van der Waals surface area (Å²) in [6.45, 7) is 4.70. The zero-order valence-corrected chi connectivity index (χ0v) is 7.30. The second-order valence-corrected chi connectivity index (χ2v) is 3.07. The van der Waals surface area contributed by atoms with Crippen LogP contribution in [-0.2, 0) is 9.53 Å². The second-order valence-electron chi connectivity index (χ2n) is 3.07. The standard InChI is InChI=1S/C9H16O2/c1-3-9(10)7-5-8(6-7)11-4-2/h7-8H,3-6H2,1-2H3. The van der Waals surface area contributed by atoms with Crippen molar-refractivity contribution in [2.45, 2.75) is 39.2 Å². The van der Waals surface area contributed by atoms with Gasteiger partial charge in [-0.05, 0) is 19.8 Å². The van der Waals surface area contributed by atoms with Crippen LogP contribution in [-0.4, -0.2) is 18.5 Å². The van der Waals surface area contributed by atoms with E-state index < -0.39 is 0 Å². The van der Waals surface area contributed by atoms with Gasteiger partial charge in [0.1, 0.15) is 5.78 Å². The highest BCUT2D eigenvalue weighted by atomic mass is 16.5. The summed E-state index contributed by atoms with van der Waals surface area (Å²) in [6.07, 6.45) is 2.98. The molecule has 1 aliphatic rings. The number of carbonyl (C=O) groups is 1. The number of hydrogen-bond donors (Lipinski definition) is 0. The van der Waals surface area contributed by atoms with E-state index in [1.54, 1.807) is 0 Å². The summed E-state index contributed by atoms with van der Waals surface area (Å²) >= 11 is 0. The van der Waals surface area contributed by atoms with E-state index in [4.69, 9.17) is 4.74 Å². The first-order valence-corrected chi connectivity index (χ1v) is 4.42. The van der Waals surface area contributed by atoms with Crippen LogP contribution in [0.1, 0.15) is 33.1 Å². The van der Waals surface area contributed by atoms with E-state index in [1.807, 2.05) is 13.8 Å². The number of ether oxygens (including phenoxy) is 1. The molecule has 0 atom stereocenters. The minimum Gasteiger partial charge on any atom is -0.378 e. The van der Waals surface area contributed by atoms with Crippen LogP contribution < -0.4 is 0 Å². The first-order valence-electron chi connectivity index (χ1n) is 4.42. The van der Waals surface area contributed by atoms with Gasteiger partial charge in [-0.25, -0.2) is 0 Å². The Hall–Kier alpha value is -0.370. The zero-order valence-electron chi connectivity index (χ0n) is 7.30. The van der Waals surface area contributed by atoms with Crippen molar-refractivity contribution < 1.29 is 9.53 Å². The lowest BCUT2D eigenvalue weighted by Gasteiger charge is -2.33. The molecule has 0 spiro atoms. The van der Waals surface area contributed by atoms with E-state index >= 15 is 0 Å². The third-order valence-electron chi connectivity index (χ3n) is 2.30. The van der Waals surface area contributed by atoms with Gasteiger partial charge in [0.05, 0.1) is 6.10 Å². The van der Waals surface area contributed by atoms with Crippen LogP contribution >= 0.6 is 0 Å². The number of ketones is 1. The highest BCUT2D eigenvalue weighted by molar-refractivity contribution is 5.81. The van der Waals surface area contributed by atoms with Crippen molar-refractivity contribution >= 4 is 5.78 Å². The first kappa shape index (κ1) is 8.72. The molecule has 0 aromatic heterocycles. The first-order chi connectivity index (χ1) is 5.27. The molecule has 0 bridgehead atoms. The maximum Gasteiger partial charge on any atom is 0.135 e. The van der Waals surface area contributed by atoms with Crippen molar-refractivity contribution in [3.8, 4) is 0 Å². The molecule has 0 aliphatic heterocycles. The van der Waals surface area contributed by atoms with Crippen molar-refractivity contribution in [3.63, 3.8) is 0 Å². The molecule has 0 aromatic rings. The highest BCUT2D eigenvalue weighted by Gasteiger charge is 2.33. The molecule has 2 heteroatoms. The van der Waals surface area contributed by atoms with Gasteiger partial charge in [0.15, 0.2) is 0 Å². The molecule has 0 saturated heterocycles. The van der Waals surface area contributed by atoms with Crippen molar-refractivity contribution in [1.82, 2.24) is 0 Å². The van der Waals surface area contributed by atoms with Crippen LogP contribution in [0, 0.1) is 5.92 Å². The summed E-state index contributed by atoms with van der Waals surface area (Å²) < 4.78 is 5.35. The quantitative estimate of drug-likeness (QED) is 0.620. The molecular formula is C9H16O2. The van der Waals surface area contributed by atoms with Gasteiger partial charge in [0.25, 0.3) is 0 Å². The monoisotopic (exact) mass is 156 g/mol. The van der Waals surface area contributed by atoms with Gasteiger partial charge in [0, 0.05) is 18.9 Å². The molecule has 11 heavy (non-hydrogen) atoms. The molecule has 0 radical (unpaired) electrons. The minimum atomic E-state index is 0.316. The lowest BCUT2D eigenvalue weighted by Crippen LogP contribution is -2.36. The van der Waals surface area contributed by atoms with Crippen LogP contribution in [0.15, 0.2) is 0 Å². The van der Waals surface area contributed by atoms with Crippen molar-refractivity contribution in [2.24, 2.45) is 5.92 Å². The van der Waals surface area contributed by atoms with Crippen LogP contribution in [0.3, 0.4) is 0 Å². The van der Waals surface area contributed by atoms with E-state index in [2.05, 4.69) is 0 Å². The summed E-state index contributed by atoms with van der Waals surface area (Å²) in [7, 11) is 0. The van der Waals surface area contributed by atoms with E-state index in [9.17, 15) is 4.79 Å². The smallest absolute Gasteiger partial charge is 0.135 e. The lowest BCUT2D eigenvalue weighted by atomic mass is 9.78. The Labute approximate surface area is 67.9 Å². The van der Waals surface area contributed by atoms with Gasteiger partial charge >= 0.3 is 0 Å². The molecule has 0 amide bonds. The Kier molecular flexibility index (Phi) is 3.06.